The Labute approximate surface area is 136 Å². The highest BCUT2D eigenvalue weighted by atomic mass is 32.1. The maximum absolute atomic E-state index is 12.2. The van der Waals surface area contributed by atoms with Gasteiger partial charge in [-0.2, -0.15) is 0 Å². The average molecular weight is 314 g/mol. The molecule has 1 aromatic heterocycles. The predicted molar refractivity (Wildman–Crippen MR) is 92.8 cm³/mol. The molecule has 1 fully saturated rings. The summed E-state index contributed by atoms with van der Waals surface area (Å²) in [6.07, 6.45) is 2.13. The predicted octanol–water partition coefficient (Wildman–Crippen LogP) is 3.57. The molecule has 3 rings (SSSR count). The van der Waals surface area contributed by atoms with Crippen LogP contribution in [0.2, 0.25) is 0 Å². The van der Waals surface area contributed by atoms with Gasteiger partial charge in [0, 0.05) is 30.2 Å². The standard InChI is InChI=1S/C18H22N2OS/c1-2-16-8-9-17(22-16)18(21)19-12-14-10-11-20(13-14)15-6-4-3-5-7-15/h3-9,14H,2,10-13H2,1H3,(H,19,21)/t14-/m0/s1. The molecule has 0 bridgehead atoms. The summed E-state index contributed by atoms with van der Waals surface area (Å²) >= 11 is 1.60. The number of aryl methyl sites for hydroxylation is 1. The van der Waals surface area contributed by atoms with Gasteiger partial charge in [0.25, 0.3) is 5.91 Å². The van der Waals surface area contributed by atoms with E-state index < -0.39 is 0 Å². The first-order valence-corrected chi connectivity index (χ1v) is 8.75. The third-order valence-corrected chi connectivity index (χ3v) is 5.42. The highest BCUT2D eigenvalue weighted by Crippen LogP contribution is 2.23. The van der Waals surface area contributed by atoms with E-state index in [2.05, 4.69) is 41.4 Å². The molecule has 1 aliphatic rings. The molecule has 1 atom stereocenters. The van der Waals surface area contributed by atoms with Gasteiger partial charge in [-0.3, -0.25) is 4.79 Å². The minimum atomic E-state index is 0.0721. The van der Waals surface area contributed by atoms with Crippen LogP contribution in [0.15, 0.2) is 42.5 Å². The summed E-state index contributed by atoms with van der Waals surface area (Å²) < 4.78 is 0. The van der Waals surface area contributed by atoms with Gasteiger partial charge in [0.2, 0.25) is 0 Å². The van der Waals surface area contributed by atoms with Crippen LogP contribution < -0.4 is 10.2 Å². The van der Waals surface area contributed by atoms with Crippen LogP contribution in [0.1, 0.15) is 27.9 Å². The van der Waals surface area contributed by atoms with Gasteiger partial charge in [-0.25, -0.2) is 0 Å². The zero-order valence-electron chi connectivity index (χ0n) is 12.9. The van der Waals surface area contributed by atoms with Crippen LogP contribution in [0.4, 0.5) is 5.69 Å². The molecule has 3 nitrogen and oxygen atoms in total. The first kappa shape index (κ1) is 15.1. The summed E-state index contributed by atoms with van der Waals surface area (Å²) in [7, 11) is 0. The summed E-state index contributed by atoms with van der Waals surface area (Å²) in [4.78, 5) is 16.7. The van der Waals surface area contributed by atoms with Crippen LogP contribution in [0.5, 0.6) is 0 Å². The van der Waals surface area contributed by atoms with Gasteiger partial charge in [0.15, 0.2) is 0 Å². The number of hydrogen-bond acceptors (Lipinski definition) is 3. The van der Waals surface area contributed by atoms with E-state index in [0.29, 0.717) is 5.92 Å². The van der Waals surface area contributed by atoms with Crippen molar-refractivity contribution in [1.29, 1.82) is 0 Å². The molecule has 0 unspecified atom stereocenters. The van der Waals surface area contributed by atoms with Crippen LogP contribution in [-0.2, 0) is 6.42 Å². The second-order valence-corrected chi connectivity index (χ2v) is 6.93. The number of anilines is 1. The van der Waals surface area contributed by atoms with Gasteiger partial charge >= 0.3 is 0 Å². The van der Waals surface area contributed by atoms with Crippen molar-refractivity contribution in [2.45, 2.75) is 19.8 Å². The first-order valence-electron chi connectivity index (χ1n) is 7.93. The Hall–Kier alpha value is -1.81. The molecule has 2 aromatic rings. The number of rotatable bonds is 5. The minimum Gasteiger partial charge on any atom is -0.371 e. The fourth-order valence-corrected chi connectivity index (χ4v) is 3.75. The molecule has 1 amide bonds. The molecular weight excluding hydrogens is 292 g/mol. The summed E-state index contributed by atoms with van der Waals surface area (Å²) in [5.74, 6) is 0.609. The van der Waals surface area contributed by atoms with E-state index in [0.717, 1.165) is 37.4 Å². The number of amides is 1. The highest BCUT2D eigenvalue weighted by molar-refractivity contribution is 7.14. The van der Waals surface area contributed by atoms with Gasteiger partial charge in [-0.15, -0.1) is 11.3 Å². The maximum Gasteiger partial charge on any atom is 0.261 e. The number of para-hydroxylation sites is 1. The van der Waals surface area contributed by atoms with Gasteiger partial charge in [0.05, 0.1) is 4.88 Å². The van der Waals surface area contributed by atoms with E-state index in [1.165, 1.54) is 10.6 Å². The smallest absolute Gasteiger partial charge is 0.261 e. The average Bonchev–Trinajstić information content (AvgIpc) is 3.22. The van der Waals surface area contributed by atoms with Gasteiger partial charge in [0.1, 0.15) is 0 Å². The van der Waals surface area contributed by atoms with E-state index in [9.17, 15) is 4.79 Å². The number of benzene rings is 1. The molecule has 22 heavy (non-hydrogen) atoms. The monoisotopic (exact) mass is 314 g/mol. The Morgan fingerprint density at radius 1 is 1.27 bits per heavy atom. The quantitative estimate of drug-likeness (QED) is 0.915. The molecule has 1 aromatic carbocycles. The molecular formula is C18H22N2OS. The lowest BCUT2D eigenvalue weighted by Crippen LogP contribution is -2.30. The second-order valence-electron chi connectivity index (χ2n) is 5.77. The largest absolute Gasteiger partial charge is 0.371 e. The van der Waals surface area contributed by atoms with Crippen molar-refractivity contribution in [3.8, 4) is 0 Å². The van der Waals surface area contributed by atoms with E-state index in [4.69, 9.17) is 0 Å². The fourth-order valence-electron chi connectivity index (χ4n) is 2.89. The molecule has 1 saturated heterocycles. The Morgan fingerprint density at radius 2 is 2.09 bits per heavy atom. The topological polar surface area (TPSA) is 32.3 Å². The summed E-state index contributed by atoms with van der Waals surface area (Å²) in [5.41, 5.74) is 1.28. The SMILES string of the molecule is CCc1ccc(C(=O)NC[C@@H]2CCN(c3ccccc3)C2)s1. The molecule has 2 heterocycles. The summed E-state index contributed by atoms with van der Waals surface area (Å²) in [6.45, 7) is 4.98. The maximum atomic E-state index is 12.2. The molecule has 0 spiro atoms. The Balaban J connectivity index is 1.49. The Kier molecular flexibility index (Phi) is 4.78. The third-order valence-electron chi connectivity index (χ3n) is 4.19. The number of hydrogen-bond donors (Lipinski definition) is 1. The van der Waals surface area contributed by atoms with Crippen LogP contribution in [0.3, 0.4) is 0 Å². The van der Waals surface area contributed by atoms with E-state index >= 15 is 0 Å². The van der Waals surface area contributed by atoms with Crippen LogP contribution in [0.25, 0.3) is 0 Å². The lowest BCUT2D eigenvalue weighted by Gasteiger charge is -2.18. The Morgan fingerprint density at radius 3 is 2.82 bits per heavy atom. The number of nitrogens with one attached hydrogen (secondary N) is 1. The second kappa shape index (κ2) is 6.97. The van der Waals surface area contributed by atoms with Crippen molar-refractivity contribution in [3.63, 3.8) is 0 Å². The Bertz CT molecular complexity index is 623. The zero-order valence-corrected chi connectivity index (χ0v) is 13.7. The number of thiophene rings is 1. The molecule has 4 heteroatoms. The van der Waals surface area contributed by atoms with E-state index in [-0.39, 0.29) is 5.91 Å². The molecule has 1 aliphatic heterocycles. The fraction of sp³-hybridized carbons (Fsp3) is 0.389. The molecule has 1 N–H and O–H groups in total. The molecule has 0 saturated carbocycles. The summed E-state index contributed by atoms with van der Waals surface area (Å²) in [6, 6.07) is 14.5. The van der Waals surface area contributed by atoms with Crippen LogP contribution >= 0.6 is 11.3 Å². The lowest BCUT2D eigenvalue weighted by molar-refractivity contribution is 0.0952. The van der Waals surface area contributed by atoms with Crippen LogP contribution in [-0.4, -0.2) is 25.5 Å². The summed E-state index contributed by atoms with van der Waals surface area (Å²) in [5, 5.41) is 3.10. The highest BCUT2D eigenvalue weighted by Gasteiger charge is 2.23. The van der Waals surface area contributed by atoms with Crippen molar-refractivity contribution >= 4 is 22.9 Å². The first-order chi connectivity index (χ1) is 10.8. The van der Waals surface area contributed by atoms with E-state index in [1.807, 2.05) is 18.2 Å². The lowest BCUT2D eigenvalue weighted by atomic mass is 10.1. The van der Waals surface area contributed by atoms with Gasteiger partial charge in [-0.1, -0.05) is 25.1 Å². The minimum absolute atomic E-state index is 0.0721. The van der Waals surface area contributed by atoms with Crippen LogP contribution in [0, 0.1) is 5.92 Å². The van der Waals surface area contributed by atoms with Crippen molar-refractivity contribution in [2.75, 3.05) is 24.5 Å². The molecule has 116 valence electrons. The van der Waals surface area contributed by atoms with Crippen molar-refractivity contribution < 1.29 is 4.79 Å². The normalized spacial score (nSPS) is 17.7. The van der Waals surface area contributed by atoms with Gasteiger partial charge < -0.3 is 10.2 Å². The number of carbonyl (C=O) groups is 1. The molecule has 0 aliphatic carbocycles. The molecule has 0 radical (unpaired) electrons. The van der Waals surface area contributed by atoms with E-state index in [1.54, 1.807) is 11.3 Å². The third kappa shape index (κ3) is 3.50. The van der Waals surface area contributed by atoms with Crippen molar-refractivity contribution in [1.82, 2.24) is 5.32 Å². The number of nitrogens with zero attached hydrogens (tertiary/aromatic N) is 1. The number of carbonyl (C=O) groups excluding carboxylic acids is 1. The van der Waals surface area contributed by atoms with Crippen molar-refractivity contribution in [3.05, 3.63) is 52.2 Å². The zero-order chi connectivity index (χ0) is 15.4. The van der Waals surface area contributed by atoms with Gasteiger partial charge in [-0.05, 0) is 43.0 Å². The van der Waals surface area contributed by atoms with Crippen molar-refractivity contribution in [2.24, 2.45) is 5.92 Å².